The highest BCUT2D eigenvalue weighted by Gasteiger charge is 2.48. The zero-order valence-corrected chi connectivity index (χ0v) is 13.1. The molecule has 0 radical (unpaired) electrons. The summed E-state index contributed by atoms with van der Waals surface area (Å²) >= 11 is 0. The molecule has 1 saturated heterocycles. The SMILES string of the molecule is Cc1ccc(C2OC2C(=O)OC(C)C)c(-c2ccccc2)c1. The summed E-state index contributed by atoms with van der Waals surface area (Å²) in [5.41, 5.74) is 4.48. The molecule has 0 bridgehead atoms. The van der Waals surface area contributed by atoms with E-state index in [1.165, 1.54) is 5.56 Å². The minimum absolute atomic E-state index is 0.121. The molecule has 2 aromatic carbocycles. The van der Waals surface area contributed by atoms with Crippen LogP contribution in [0.3, 0.4) is 0 Å². The number of epoxide rings is 1. The first-order valence-corrected chi connectivity index (χ1v) is 7.58. The van der Waals surface area contributed by atoms with Gasteiger partial charge in [-0.05, 0) is 37.5 Å². The van der Waals surface area contributed by atoms with Gasteiger partial charge in [-0.1, -0.05) is 54.1 Å². The van der Waals surface area contributed by atoms with Crippen molar-refractivity contribution in [2.75, 3.05) is 0 Å². The van der Waals surface area contributed by atoms with Crippen LogP contribution in [0.5, 0.6) is 0 Å². The van der Waals surface area contributed by atoms with Crippen LogP contribution in [0.25, 0.3) is 11.1 Å². The highest BCUT2D eigenvalue weighted by molar-refractivity contribution is 5.80. The lowest BCUT2D eigenvalue weighted by atomic mass is 9.95. The molecule has 1 fully saturated rings. The third-order valence-corrected chi connectivity index (χ3v) is 3.68. The van der Waals surface area contributed by atoms with E-state index in [-0.39, 0.29) is 18.2 Å². The predicted octanol–water partition coefficient (Wildman–Crippen LogP) is 4.05. The van der Waals surface area contributed by atoms with Gasteiger partial charge in [-0.15, -0.1) is 0 Å². The fraction of sp³-hybridized carbons (Fsp3) is 0.316. The van der Waals surface area contributed by atoms with E-state index in [4.69, 9.17) is 9.47 Å². The van der Waals surface area contributed by atoms with Crippen LogP contribution in [0.2, 0.25) is 0 Å². The van der Waals surface area contributed by atoms with Gasteiger partial charge in [-0.2, -0.15) is 0 Å². The molecule has 3 nitrogen and oxygen atoms in total. The Morgan fingerprint density at radius 2 is 1.86 bits per heavy atom. The maximum absolute atomic E-state index is 12.0. The van der Waals surface area contributed by atoms with Gasteiger partial charge in [0, 0.05) is 0 Å². The van der Waals surface area contributed by atoms with E-state index in [0.717, 1.165) is 16.7 Å². The normalized spacial score (nSPS) is 20.0. The van der Waals surface area contributed by atoms with E-state index in [9.17, 15) is 4.79 Å². The zero-order valence-electron chi connectivity index (χ0n) is 13.1. The van der Waals surface area contributed by atoms with Crippen LogP contribution in [0.15, 0.2) is 48.5 Å². The van der Waals surface area contributed by atoms with Crippen LogP contribution >= 0.6 is 0 Å². The van der Waals surface area contributed by atoms with E-state index in [1.54, 1.807) is 0 Å². The molecule has 114 valence electrons. The van der Waals surface area contributed by atoms with Gasteiger partial charge in [0.05, 0.1) is 6.10 Å². The summed E-state index contributed by atoms with van der Waals surface area (Å²) in [6.07, 6.45) is -0.807. The Kier molecular flexibility index (Phi) is 3.99. The predicted molar refractivity (Wildman–Crippen MR) is 85.5 cm³/mol. The number of benzene rings is 2. The maximum atomic E-state index is 12.0. The van der Waals surface area contributed by atoms with Crippen molar-refractivity contribution in [2.45, 2.75) is 39.1 Å². The third kappa shape index (κ3) is 3.04. The van der Waals surface area contributed by atoms with E-state index in [0.29, 0.717) is 0 Å². The van der Waals surface area contributed by atoms with Gasteiger partial charge in [-0.3, -0.25) is 0 Å². The number of ether oxygens (including phenoxy) is 2. The van der Waals surface area contributed by atoms with E-state index >= 15 is 0 Å². The average molecular weight is 296 g/mol. The molecule has 0 spiro atoms. The molecule has 0 saturated carbocycles. The topological polar surface area (TPSA) is 38.8 Å². The molecule has 2 aromatic rings. The second kappa shape index (κ2) is 5.93. The molecule has 1 aliphatic heterocycles. The number of carbonyl (C=O) groups is 1. The fourth-order valence-electron chi connectivity index (χ4n) is 2.61. The summed E-state index contributed by atoms with van der Waals surface area (Å²) in [5.74, 6) is -0.278. The Morgan fingerprint density at radius 3 is 2.55 bits per heavy atom. The molecule has 0 amide bonds. The minimum Gasteiger partial charge on any atom is -0.461 e. The van der Waals surface area contributed by atoms with Crippen LogP contribution in [-0.4, -0.2) is 18.2 Å². The highest BCUT2D eigenvalue weighted by atomic mass is 16.6. The fourth-order valence-corrected chi connectivity index (χ4v) is 2.61. The number of carbonyl (C=O) groups excluding carboxylic acids is 1. The van der Waals surface area contributed by atoms with Crippen molar-refractivity contribution < 1.29 is 14.3 Å². The lowest BCUT2D eigenvalue weighted by Gasteiger charge is -2.10. The molecular weight excluding hydrogens is 276 g/mol. The van der Waals surface area contributed by atoms with E-state index in [2.05, 4.69) is 25.1 Å². The minimum atomic E-state index is -0.479. The second-order valence-corrected chi connectivity index (χ2v) is 5.92. The highest BCUT2D eigenvalue weighted by Crippen LogP contribution is 2.44. The number of hydrogen-bond acceptors (Lipinski definition) is 3. The zero-order chi connectivity index (χ0) is 15.7. The Balaban J connectivity index is 1.88. The van der Waals surface area contributed by atoms with Gasteiger partial charge >= 0.3 is 5.97 Å². The largest absolute Gasteiger partial charge is 0.461 e. The third-order valence-electron chi connectivity index (χ3n) is 3.68. The first-order valence-electron chi connectivity index (χ1n) is 7.58. The summed E-state index contributed by atoms with van der Waals surface area (Å²) in [4.78, 5) is 12.0. The standard InChI is InChI=1S/C19H20O3/c1-12(2)21-19(20)18-17(22-18)15-10-9-13(3)11-16(15)14-7-5-4-6-8-14/h4-12,17-18H,1-3H3. The molecule has 3 heteroatoms. The molecule has 0 aromatic heterocycles. The van der Waals surface area contributed by atoms with Crippen molar-refractivity contribution >= 4 is 5.97 Å². The number of aryl methyl sites for hydroxylation is 1. The molecule has 3 rings (SSSR count). The summed E-state index contributed by atoms with van der Waals surface area (Å²) in [5, 5.41) is 0. The summed E-state index contributed by atoms with van der Waals surface area (Å²) in [6.45, 7) is 5.75. The van der Waals surface area contributed by atoms with Crippen LogP contribution in [-0.2, 0) is 14.3 Å². The number of esters is 1. The monoisotopic (exact) mass is 296 g/mol. The van der Waals surface area contributed by atoms with Gasteiger partial charge in [0.2, 0.25) is 0 Å². The van der Waals surface area contributed by atoms with Crippen LogP contribution in [0, 0.1) is 6.92 Å². The molecule has 2 unspecified atom stereocenters. The lowest BCUT2D eigenvalue weighted by Crippen LogP contribution is -2.17. The van der Waals surface area contributed by atoms with Crippen molar-refractivity contribution in [2.24, 2.45) is 0 Å². The Morgan fingerprint density at radius 1 is 1.14 bits per heavy atom. The Labute approximate surface area is 130 Å². The van der Waals surface area contributed by atoms with Crippen molar-refractivity contribution in [3.05, 3.63) is 59.7 Å². The summed E-state index contributed by atoms with van der Waals surface area (Å²) in [6, 6.07) is 16.4. The molecule has 0 aliphatic carbocycles. The average Bonchev–Trinajstić information content (AvgIpc) is 3.28. The Hall–Kier alpha value is -2.13. The molecule has 0 N–H and O–H groups in total. The first-order chi connectivity index (χ1) is 10.6. The van der Waals surface area contributed by atoms with Gasteiger partial charge in [0.25, 0.3) is 0 Å². The first kappa shape index (κ1) is 14.8. The van der Waals surface area contributed by atoms with Gasteiger partial charge < -0.3 is 9.47 Å². The van der Waals surface area contributed by atoms with Gasteiger partial charge in [0.15, 0.2) is 6.10 Å². The smallest absolute Gasteiger partial charge is 0.338 e. The summed E-state index contributed by atoms with van der Waals surface area (Å²) < 4.78 is 10.8. The molecule has 1 aliphatic rings. The van der Waals surface area contributed by atoms with Crippen molar-refractivity contribution in [3.63, 3.8) is 0 Å². The van der Waals surface area contributed by atoms with Gasteiger partial charge in [-0.25, -0.2) is 4.79 Å². The Bertz CT molecular complexity index is 676. The van der Waals surface area contributed by atoms with E-state index < -0.39 is 6.10 Å². The number of rotatable bonds is 4. The maximum Gasteiger partial charge on any atom is 0.338 e. The molecule has 2 atom stereocenters. The quantitative estimate of drug-likeness (QED) is 0.631. The van der Waals surface area contributed by atoms with Gasteiger partial charge in [0.1, 0.15) is 6.10 Å². The van der Waals surface area contributed by atoms with Crippen LogP contribution in [0.1, 0.15) is 31.1 Å². The molecule has 1 heterocycles. The van der Waals surface area contributed by atoms with Crippen molar-refractivity contribution in [3.8, 4) is 11.1 Å². The van der Waals surface area contributed by atoms with Crippen LogP contribution in [0.4, 0.5) is 0 Å². The molecule has 22 heavy (non-hydrogen) atoms. The van der Waals surface area contributed by atoms with Crippen LogP contribution < -0.4 is 0 Å². The molecular formula is C19H20O3. The van der Waals surface area contributed by atoms with Crippen molar-refractivity contribution in [1.82, 2.24) is 0 Å². The second-order valence-electron chi connectivity index (χ2n) is 5.92. The number of hydrogen-bond donors (Lipinski definition) is 0. The lowest BCUT2D eigenvalue weighted by molar-refractivity contribution is -0.148. The summed E-state index contributed by atoms with van der Waals surface area (Å²) in [7, 11) is 0. The van der Waals surface area contributed by atoms with E-state index in [1.807, 2.05) is 44.2 Å². The van der Waals surface area contributed by atoms with Crippen molar-refractivity contribution in [1.29, 1.82) is 0 Å².